The van der Waals surface area contributed by atoms with Gasteiger partial charge < -0.3 is 24.8 Å². The number of carbonyl (C=O) groups excluding carboxylic acids is 2. The highest BCUT2D eigenvalue weighted by Gasteiger charge is 2.54. The number of piperidine rings is 1. The number of unbranched alkanes of at least 4 members (excludes halogenated alkanes) is 1. The summed E-state index contributed by atoms with van der Waals surface area (Å²) in [6.45, 7) is 8.26. The number of ether oxygens (including phenoxy) is 2. The summed E-state index contributed by atoms with van der Waals surface area (Å²) in [4.78, 5) is 31.1. The van der Waals surface area contributed by atoms with Crippen molar-refractivity contribution in [3.05, 3.63) is 48.0 Å². The van der Waals surface area contributed by atoms with Gasteiger partial charge in [-0.3, -0.25) is 19.2 Å². The van der Waals surface area contributed by atoms with E-state index in [1.165, 1.54) is 7.11 Å². The molecule has 0 radical (unpaired) electrons. The molecular formula is C31H45ClN4O7S. The smallest absolute Gasteiger partial charge is 0.248 e. The Labute approximate surface area is 266 Å². The number of nitrogens with one attached hydrogen (secondary N) is 2. The third-order valence-electron chi connectivity index (χ3n) is 8.23. The van der Waals surface area contributed by atoms with Crippen molar-refractivity contribution >= 4 is 39.9 Å². The van der Waals surface area contributed by atoms with E-state index in [0.29, 0.717) is 62.0 Å². The summed E-state index contributed by atoms with van der Waals surface area (Å²) in [5.74, 6) is 0.947. The summed E-state index contributed by atoms with van der Waals surface area (Å²) >= 11 is 0. The number of benzene rings is 2. The number of likely N-dealkylation sites (tertiary alicyclic amines) is 1. The molecule has 4 rings (SSSR count). The largest absolute Gasteiger partial charge is 0.493 e. The van der Waals surface area contributed by atoms with Crippen LogP contribution in [0.3, 0.4) is 0 Å². The standard InChI is InChI=1S/C31H44N4O7S.ClH/c1-6-7-16-35-29(37)27(28(36)21(2)3)32-30(38)31(35)14-17-34(18-15-31)20-22-8-11-24(12-9-22)42-25-13-10-23(19-26(25)41-4)33-43(5,39)40;/h8-13,19,21,27-28,33,36H,6-7,14-18,20H2,1-5H3,(H,32,38);1H/t27-,28-;/m1./s1. The van der Waals surface area contributed by atoms with Crippen molar-refractivity contribution in [1.82, 2.24) is 15.1 Å². The van der Waals surface area contributed by atoms with Gasteiger partial charge in [0.15, 0.2) is 11.5 Å². The van der Waals surface area contributed by atoms with Crippen molar-refractivity contribution in [2.45, 2.75) is 70.7 Å². The zero-order chi connectivity index (χ0) is 31.4. The first-order valence-electron chi connectivity index (χ1n) is 14.8. The first-order chi connectivity index (χ1) is 20.4. The summed E-state index contributed by atoms with van der Waals surface area (Å²) in [5.41, 5.74) is 0.566. The van der Waals surface area contributed by atoms with Gasteiger partial charge in [-0.25, -0.2) is 8.42 Å². The summed E-state index contributed by atoms with van der Waals surface area (Å²) in [7, 11) is -1.93. The number of hydrogen-bond acceptors (Lipinski definition) is 8. The van der Waals surface area contributed by atoms with E-state index in [9.17, 15) is 23.1 Å². The van der Waals surface area contributed by atoms with Crippen LogP contribution in [0.4, 0.5) is 5.69 Å². The minimum absolute atomic E-state index is 0. The molecule has 2 aromatic rings. The van der Waals surface area contributed by atoms with Gasteiger partial charge in [-0.05, 0) is 55.0 Å². The van der Waals surface area contributed by atoms with Gasteiger partial charge in [-0.2, -0.15) is 0 Å². The van der Waals surface area contributed by atoms with Crippen molar-refractivity contribution in [1.29, 1.82) is 0 Å². The molecule has 11 nitrogen and oxygen atoms in total. The van der Waals surface area contributed by atoms with E-state index in [1.807, 2.05) is 38.1 Å². The van der Waals surface area contributed by atoms with Crippen LogP contribution in [0.2, 0.25) is 0 Å². The van der Waals surface area contributed by atoms with Gasteiger partial charge in [0.25, 0.3) is 0 Å². The zero-order valence-corrected chi connectivity index (χ0v) is 27.7. The highest BCUT2D eigenvalue weighted by Crippen LogP contribution is 2.36. The predicted octanol–water partition coefficient (Wildman–Crippen LogP) is 3.76. The van der Waals surface area contributed by atoms with Crippen LogP contribution < -0.4 is 19.5 Å². The number of aliphatic hydroxyl groups is 1. The van der Waals surface area contributed by atoms with Crippen LogP contribution in [0.25, 0.3) is 0 Å². The van der Waals surface area contributed by atoms with Gasteiger partial charge in [-0.1, -0.05) is 39.3 Å². The molecule has 244 valence electrons. The quantitative estimate of drug-likeness (QED) is 0.315. The molecule has 2 aromatic carbocycles. The fourth-order valence-corrected chi connectivity index (χ4v) is 6.31. The number of carbonyl (C=O) groups is 2. The van der Waals surface area contributed by atoms with E-state index in [4.69, 9.17) is 9.47 Å². The zero-order valence-electron chi connectivity index (χ0n) is 26.0. The lowest BCUT2D eigenvalue weighted by atomic mass is 9.80. The monoisotopic (exact) mass is 652 g/mol. The number of sulfonamides is 1. The van der Waals surface area contributed by atoms with Crippen molar-refractivity contribution in [3.63, 3.8) is 0 Å². The minimum Gasteiger partial charge on any atom is -0.493 e. The van der Waals surface area contributed by atoms with Gasteiger partial charge >= 0.3 is 0 Å². The molecule has 0 unspecified atom stereocenters. The van der Waals surface area contributed by atoms with Crippen molar-refractivity contribution in [3.8, 4) is 17.2 Å². The molecule has 0 bridgehead atoms. The Morgan fingerprint density at radius 2 is 1.75 bits per heavy atom. The number of hydrogen-bond donors (Lipinski definition) is 3. The average molecular weight is 653 g/mol. The highest BCUT2D eigenvalue weighted by molar-refractivity contribution is 7.92. The number of nitrogens with zero attached hydrogens (tertiary/aromatic N) is 2. The molecular weight excluding hydrogens is 608 g/mol. The molecule has 0 saturated carbocycles. The first kappa shape index (κ1) is 35.4. The lowest BCUT2D eigenvalue weighted by molar-refractivity contribution is -0.165. The van der Waals surface area contributed by atoms with E-state index in [-0.39, 0.29) is 30.1 Å². The Morgan fingerprint density at radius 3 is 2.32 bits per heavy atom. The van der Waals surface area contributed by atoms with Crippen LogP contribution >= 0.6 is 12.4 Å². The molecule has 13 heteroatoms. The SMILES string of the molecule is CCCCN1C(=O)[C@@H]([C@H](O)C(C)C)NC(=O)C12CCN(Cc1ccc(Oc3ccc(NS(C)(=O)=O)cc3OC)cc1)CC2.Cl. The van der Waals surface area contributed by atoms with E-state index in [1.54, 1.807) is 23.1 Å². The van der Waals surface area contributed by atoms with Crippen LogP contribution in [0.15, 0.2) is 42.5 Å². The van der Waals surface area contributed by atoms with Crippen LogP contribution in [0.1, 0.15) is 52.0 Å². The van der Waals surface area contributed by atoms with Gasteiger partial charge in [0.2, 0.25) is 21.8 Å². The highest BCUT2D eigenvalue weighted by atomic mass is 35.5. The van der Waals surface area contributed by atoms with Crippen molar-refractivity contribution in [2.75, 3.05) is 37.7 Å². The molecule has 3 N–H and O–H groups in total. The third kappa shape index (κ3) is 8.15. The fraction of sp³-hybridized carbons (Fsp3) is 0.548. The lowest BCUT2D eigenvalue weighted by Crippen LogP contribution is -2.74. The van der Waals surface area contributed by atoms with E-state index >= 15 is 0 Å². The Kier molecular flexibility index (Phi) is 11.9. The molecule has 0 aliphatic carbocycles. The second kappa shape index (κ2) is 14.8. The molecule has 1 spiro atoms. The van der Waals surface area contributed by atoms with E-state index in [2.05, 4.69) is 21.9 Å². The topological polar surface area (TPSA) is 138 Å². The van der Waals surface area contributed by atoms with Gasteiger partial charge in [0, 0.05) is 32.2 Å². The Bertz CT molecular complexity index is 1400. The van der Waals surface area contributed by atoms with Gasteiger partial charge in [0.05, 0.1) is 25.2 Å². The summed E-state index contributed by atoms with van der Waals surface area (Å²) in [6.07, 6.45) is 2.93. The minimum atomic E-state index is -3.42. The normalized spacial score (nSPS) is 19.3. The summed E-state index contributed by atoms with van der Waals surface area (Å²) in [5, 5.41) is 13.5. The maximum Gasteiger partial charge on any atom is 0.248 e. The molecule has 2 atom stereocenters. The van der Waals surface area contributed by atoms with E-state index in [0.717, 1.165) is 24.7 Å². The first-order valence-corrected chi connectivity index (χ1v) is 16.7. The number of rotatable bonds is 12. The van der Waals surface area contributed by atoms with Crippen molar-refractivity contribution < 1.29 is 32.6 Å². The second-order valence-corrected chi connectivity index (χ2v) is 13.6. The predicted molar refractivity (Wildman–Crippen MR) is 172 cm³/mol. The van der Waals surface area contributed by atoms with E-state index < -0.39 is 27.7 Å². The maximum absolute atomic E-state index is 13.5. The summed E-state index contributed by atoms with van der Waals surface area (Å²) in [6, 6.07) is 11.6. The summed E-state index contributed by atoms with van der Waals surface area (Å²) < 4.78 is 36.9. The molecule has 2 heterocycles. The van der Waals surface area contributed by atoms with Gasteiger partial charge in [-0.15, -0.1) is 12.4 Å². The number of amides is 2. The Balaban J connectivity index is 0.00000529. The second-order valence-electron chi connectivity index (χ2n) is 11.8. The van der Waals surface area contributed by atoms with Gasteiger partial charge in [0.1, 0.15) is 17.3 Å². The lowest BCUT2D eigenvalue weighted by Gasteiger charge is -2.52. The van der Waals surface area contributed by atoms with Crippen molar-refractivity contribution in [2.24, 2.45) is 5.92 Å². The molecule has 2 amide bonds. The molecule has 44 heavy (non-hydrogen) atoms. The number of aliphatic hydroxyl groups excluding tert-OH is 1. The van der Waals surface area contributed by atoms with Crippen LogP contribution in [-0.2, 0) is 26.2 Å². The number of anilines is 1. The molecule has 0 aromatic heterocycles. The third-order valence-corrected chi connectivity index (χ3v) is 8.83. The number of halogens is 1. The average Bonchev–Trinajstić information content (AvgIpc) is 2.96. The maximum atomic E-state index is 13.5. The molecule has 2 fully saturated rings. The molecule has 2 aliphatic heterocycles. The molecule has 2 aliphatic rings. The van der Waals surface area contributed by atoms with Crippen LogP contribution in [0.5, 0.6) is 17.2 Å². The Morgan fingerprint density at radius 1 is 1.09 bits per heavy atom. The van der Waals surface area contributed by atoms with Crippen LogP contribution in [-0.4, -0.2) is 85.8 Å². The van der Waals surface area contributed by atoms with Crippen LogP contribution in [0, 0.1) is 5.92 Å². The number of methoxy groups -OCH3 is 1. The fourth-order valence-electron chi connectivity index (χ4n) is 5.75. The molecule has 2 saturated heterocycles. The Hall–Kier alpha value is -3.06. The number of piperazine rings is 1.